The van der Waals surface area contributed by atoms with Gasteiger partial charge in [0.15, 0.2) is 0 Å². The summed E-state index contributed by atoms with van der Waals surface area (Å²) in [5.41, 5.74) is 8.73. The Bertz CT molecular complexity index is 340. The van der Waals surface area contributed by atoms with Gasteiger partial charge in [-0.05, 0) is 51.3 Å². The average molecular weight is 269 g/mol. The van der Waals surface area contributed by atoms with E-state index in [1.807, 2.05) is 0 Å². The number of likely N-dealkylation sites (tertiary alicyclic amines) is 1. The van der Waals surface area contributed by atoms with Crippen molar-refractivity contribution in [3.63, 3.8) is 0 Å². The molecule has 0 spiro atoms. The monoisotopic (exact) mass is 268 g/mol. The molecule has 1 aromatic rings. The zero-order valence-electron chi connectivity index (χ0n) is 11.4. The normalized spacial score (nSPS) is 19.3. The van der Waals surface area contributed by atoms with Crippen molar-refractivity contribution in [1.82, 2.24) is 4.90 Å². The Hall–Kier alpha value is -0.570. The third-order valence-corrected chi connectivity index (χ3v) is 3.90. The highest BCUT2D eigenvalue weighted by molar-refractivity contribution is 5.85. The Morgan fingerprint density at radius 1 is 1.22 bits per heavy atom. The molecule has 0 aliphatic carbocycles. The summed E-state index contributed by atoms with van der Waals surface area (Å²) < 4.78 is 0. The van der Waals surface area contributed by atoms with Crippen LogP contribution in [0.2, 0.25) is 0 Å². The van der Waals surface area contributed by atoms with Crippen LogP contribution in [0.15, 0.2) is 24.3 Å². The highest BCUT2D eigenvalue weighted by atomic mass is 35.5. The zero-order valence-corrected chi connectivity index (χ0v) is 12.2. The molecule has 0 aromatic heterocycles. The first-order chi connectivity index (χ1) is 8.15. The Morgan fingerprint density at radius 3 is 2.28 bits per heavy atom. The van der Waals surface area contributed by atoms with Gasteiger partial charge in [-0.25, -0.2) is 0 Å². The molecule has 1 atom stereocenters. The molecule has 3 heteroatoms. The van der Waals surface area contributed by atoms with Crippen LogP contribution in [0, 0.1) is 12.8 Å². The molecule has 1 fully saturated rings. The van der Waals surface area contributed by atoms with Crippen LogP contribution in [-0.2, 0) is 6.54 Å². The standard InChI is InChI=1S/C15H24N2.ClH/c1-12-3-5-14(6-4-12)11-17-9-7-15(8-10-17)13(2)16;/h3-6,13,15H,7-11,16H2,1-2H3;1H. The first-order valence-corrected chi connectivity index (χ1v) is 6.68. The number of aryl methyl sites for hydroxylation is 1. The van der Waals surface area contributed by atoms with Crippen LogP contribution in [0.25, 0.3) is 0 Å². The predicted octanol–water partition coefficient (Wildman–Crippen LogP) is 2.98. The quantitative estimate of drug-likeness (QED) is 0.913. The Labute approximate surface area is 117 Å². The largest absolute Gasteiger partial charge is 0.328 e. The number of nitrogens with zero attached hydrogens (tertiary/aromatic N) is 1. The minimum Gasteiger partial charge on any atom is -0.328 e. The topological polar surface area (TPSA) is 29.3 Å². The van der Waals surface area contributed by atoms with Crippen molar-refractivity contribution in [3.05, 3.63) is 35.4 Å². The summed E-state index contributed by atoms with van der Waals surface area (Å²) >= 11 is 0. The van der Waals surface area contributed by atoms with Crippen LogP contribution >= 0.6 is 12.4 Å². The van der Waals surface area contributed by atoms with E-state index in [4.69, 9.17) is 5.73 Å². The number of hydrogen-bond donors (Lipinski definition) is 1. The lowest BCUT2D eigenvalue weighted by atomic mass is 9.91. The maximum absolute atomic E-state index is 5.96. The van der Waals surface area contributed by atoms with Gasteiger partial charge in [0.05, 0.1) is 0 Å². The second-order valence-electron chi connectivity index (χ2n) is 5.46. The molecule has 1 aliphatic heterocycles. The van der Waals surface area contributed by atoms with Gasteiger partial charge >= 0.3 is 0 Å². The van der Waals surface area contributed by atoms with E-state index in [2.05, 4.69) is 43.0 Å². The number of hydrogen-bond acceptors (Lipinski definition) is 2. The molecule has 0 saturated carbocycles. The summed E-state index contributed by atoms with van der Waals surface area (Å²) in [6, 6.07) is 9.24. The van der Waals surface area contributed by atoms with Gasteiger partial charge < -0.3 is 5.73 Å². The molecule has 18 heavy (non-hydrogen) atoms. The van der Waals surface area contributed by atoms with Crippen molar-refractivity contribution in [2.75, 3.05) is 13.1 Å². The van der Waals surface area contributed by atoms with Crippen molar-refractivity contribution >= 4 is 12.4 Å². The van der Waals surface area contributed by atoms with Crippen LogP contribution in [0.1, 0.15) is 30.9 Å². The maximum atomic E-state index is 5.96. The van der Waals surface area contributed by atoms with Gasteiger partial charge in [-0.1, -0.05) is 29.8 Å². The fraction of sp³-hybridized carbons (Fsp3) is 0.600. The molecule has 1 heterocycles. The minimum absolute atomic E-state index is 0. The summed E-state index contributed by atoms with van der Waals surface area (Å²) in [5, 5.41) is 0. The lowest BCUT2D eigenvalue weighted by Crippen LogP contribution is -2.39. The second kappa shape index (κ2) is 7.13. The maximum Gasteiger partial charge on any atom is 0.0233 e. The van der Waals surface area contributed by atoms with Crippen LogP contribution in [0.5, 0.6) is 0 Å². The van der Waals surface area contributed by atoms with Crippen molar-refractivity contribution in [1.29, 1.82) is 0 Å². The fourth-order valence-electron chi connectivity index (χ4n) is 2.59. The van der Waals surface area contributed by atoms with Gasteiger partial charge in [-0.2, -0.15) is 0 Å². The molecule has 2 rings (SSSR count). The van der Waals surface area contributed by atoms with Crippen LogP contribution < -0.4 is 5.73 Å². The average Bonchev–Trinajstić information content (AvgIpc) is 2.33. The lowest BCUT2D eigenvalue weighted by Gasteiger charge is -2.33. The summed E-state index contributed by atoms with van der Waals surface area (Å²) in [7, 11) is 0. The predicted molar refractivity (Wildman–Crippen MR) is 80.1 cm³/mol. The molecule has 1 saturated heterocycles. The summed E-state index contributed by atoms with van der Waals surface area (Å²) in [5.74, 6) is 0.726. The number of halogens is 1. The molecule has 1 aliphatic rings. The van der Waals surface area contributed by atoms with Crippen molar-refractivity contribution in [3.8, 4) is 0 Å². The second-order valence-corrected chi connectivity index (χ2v) is 5.46. The minimum atomic E-state index is 0. The van der Waals surface area contributed by atoms with E-state index in [9.17, 15) is 0 Å². The van der Waals surface area contributed by atoms with Crippen molar-refractivity contribution < 1.29 is 0 Å². The van der Waals surface area contributed by atoms with E-state index in [1.165, 1.54) is 37.1 Å². The Morgan fingerprint density at radius 2 is 1.78 bits per heavy atom. The van der Waals surface area contributed by atoms with Gasteiger partial charge in [0.2, 0.25) is 0 Å². The van der Waals surface area contributed by atoms with Gasteiger partial charge in [-0.3, -0.25) is 4.90 Å². The summed E-state index contributed by atoms with van der Waals surface area (Å²) in [6.07, 6.45) is 2.51. The number of benzene rings is 1. The molecule has 0 amide bonds. The van der Waals surface area contributed by atoms with Crippen LogP contribution in [-0.4, -0.2) is 24.0 Å². The van der Waals surface area contributed by atoms with E-state index in [0.717, 1.165) is 12.5 Å². The molecule has 0 bridgehead atoms. The fourth-order valence-corrected chi connectivity index (χ4v) is 2.59. The Balaban J connectivity index is 0.00000162. The van der Waals surface area contributed by atoms with E-state index in [-0.39, 0.29) is 12.4 Å². The zero-order chi connectivity index (χ0) is 12.3. The highest BCUT2D eigenvalue weighted by Gasteiger charge is 2.21. The molecule has 102 valence electrons. The molecule has 0 radical (unpaired) electrons. The van der Waals surface area contributed by atoms with Gasteiger partial charge in [0, 0.05) is 12.6 Å². The summed E-state index contributed by atoms with van der Waals surface area (Å²) in [4.78, 5) is 2.55. The SMILES string of the molecule is Cc1ccc(CN2CCC(C(C)N)CC2)cc1.Cl. The molecule has 2 nitrogen and oxygen atoms in total. The Kier molecular flexibility index (Phi) is 6.13. The van der Waals surface area contributed by atoms with Crippen molar-refractivity contribution in [2.45, 2.75) is 39.3 Å². The number of piperidine rings is 1. The van der Waals surface area contributed by atoms with Crippen molar-refractivity contribution in [2.24, 2.45) is 11.7 Å². The van der Waals surface area contributed by atoms with Crippen LogP contribution in [0.3, 0.4) is 0 Å². The van der Waals surface area contributed by atoms with Gasteiger partial charge in [0.25, 0.3) is 0 Å². The third kappa shape index (κ3) is 4.27. The van der Waals surface area contributed by atoms with E-state index >= 15 is 0 Å². The van der Waals surface area contributed by atoms with E-state index in [0.29, 0.717) is 6.04 Å². The summed E-state index contributed by atoms with van der Waals surface area (Å²) in [6.45, 7) is 7.75. The third-order valence-electron chi connectivity index (χ3n) is 3.90. The first-order valence-electron chi connectivity index (χ1n) is 6.68. The van der Waals surface area contributed by atoms with E-state index < -0.39 is 0 Å². The number of rotatable bonds is 3. The molecular formula is C15H25ClN2. The molecular weight excluding hydrogens is 244 g/mol. The van der Waals surface area contributed by atoms with Gasteiger partial charge in [-0.15, -0.1) is 12.4 Å². The smallest absolute Gasteiger partial charge is 0.0233 e. The first kappa shape index (κ1) is 15.5. The van der Waals surface area contributed by atoms with Gasteiger partial charge in [0.1, 0.15) is 0 Å². The van der Waals surface area contributed by atoms with E-state index in [1.54, 1.807) is 0 Å². The molecule has 1 unspecified atom stereocenters. The molecule has 1 aromatic carbocycles. The lowest BCUT2D eigenvalue weighted by molar-refractivity contribution is 0.166. The highest BCUT2D eigenvalue weighted by Crippen LogP contribution is 2.21. The number of nitrogens with two attached hydrogens (primary N) is 1. The molecule has 2 N–H and O–H groups in total. The van der Waals surface area contributed by atoms with Crippen LogP contribution in [0.4, 0.5) is 0 Å².